The molecule has 0 saturated carbocycles. The molecule has 2 aromatic heterocycles. The van der Waals surface area contributed by atoms with Gasteiger partial charge in [-0.3, -0.25) is 4.98 Å². The van der Waals surface area contributed by atoms with Crippen LogP contribution in [0.1, 0.15) is 5.56 Å². The Morgan fingerprint density at radius 3 is 2.40 bits per heavy atom. The van der Waals surface area contributed by atoms with E-state index >= 15 is 0 Å². The average Bonchev–Trinajstić information content (AvgIpc) is 2.49. The van der Waals surface area contributed by atoms with E-state index in [1.807, 2.05) is 42.5 Å². The first-order chi connectivity index (χ1) is 9.76. The van der Waals surface area contributed by atoms with E-state index in [-0.39, 0.29) is 0 Å². The van der Waals surface area contributed by atoms with Gasteiger partial charge in [0.1, 0.15) is 0 Å². The Morgan fingerprint density at radius 2 is 1.70 bits per heavy atom. The van der Waals surface area contributed by atoms with Gasteiger partial charge in [-0.05, 0) is 23.7 Å². The Morgan fingerprint density at radius 1 is 0.900 bits per heavy atom. The van der Waals surface area contributed by atoms with Crippen LogP contribution in [0.3, 0.4) is 0 Å². The topological polar surface area (TPSA) is 25.8 Å². The Bertz CT molecular complexity index is 690. The van der Waals surface area contributed by atoms with Crippen molar-refractivity contribution in [2.45, 2.75) is 0 Å². The van der Waals surface area contributed by atoms with Crippen molar-refractivity contribution >= 4 is 39.1 Å². The van der Waals surface area contributed by atoms with Crippen LogP contribution in [0.5, 0.6) is 0 Å². The second kappa shape index (κ2) is 7.79. The van der Waals surface area contributed by atoms with Gasteiger partial charge >= 0.3 is 39.6 Å². The Balaban J connectivity index is 0.000000452. The largest absolute Gasteiger partial charge is 0.310 e. The van der Waals surface area contributed by atoms with Crippen LogP contribution in [0.15, 0.2) is 54.7 Å². The molecule has 103 valence electrons. The SMILES string of the molecule is [Br][Fe+][Br].[CH2-]c1cccc2ccc(-c3ccccn3)nc12. The number of halogens is 2. The third-order valence-corrected chi connectivity index (χ3v) is 2.73. The van der Waals surface area contributed by atoms with Gasteiger partial charge in [-0.15, -0.1) is 6.07 Å². The maximum atomic E-state index is 4.62. The fourth-order valence-corrected chi connectivity index (χ4v) is 1.87. The molecule has 2 nitrogen and oxygen atoms in total. The predicted molar refractivity (Wildman–Crippen MR) is 87.3 cm³/mol. The number of fused-ring (bicyclic) bond motifs is 1. The number of hydrogen-bond acceptors (Lipinski definition) is 2. The molecule has 2 heterocycles. The van der Waals surface area contributed by atoms with Gasteiger partial charge in [0.05, 0.1) is 11.4 Å². The average molecular weight is 435 g/mol. The second-order valence-electron chi connectivity index (χ2n) is 3.95. The number of aromatic nitrogens is 2. The van der Waals surface area contributed by atoms with E-state index in [0.29, 0.717) is 0 Å². The normalized spacial score (nSPS) is 9.90. The van der Waals surface area contributed by atoms with Crippen molar-refractivity contribution < 1.29 is 11.3 Å². The third kappa shape index (κ3) is 3.83. The minimum Gasteiger partial charge on any atom is -0.310 e. The number of nitrogens with zero attached hydrogens (tertiary/aromatic N) is 2. The van der Waals surface area contributed by atoms with Crippen LogP contribution < -0.4 is 0 Å². The molecule has 0 amide bonds. The van der Waals surface area contributed by atoms with Crippen molar-refractivity contribution in [2.24, 2.45) is 0 Å². The summed E-state index contributed by atoms with van der Waals surface area (Å²) in [6, 6.07) is 15.9. The molecule has 0 atom stereocenters. The van der Waals surface area contributed by atoms with E-state index in [9.17, 15) is 0 Å². The molecule has 3 rings (SSSR count). The molecule has 0 N–H and O–H groups in total. The molecule has 20 heavy (non-hydrogen) atoms. The number of rotatable bonds is 1. The summed E-state index contributed by atoms with van der Waals surface area (Å²) in [5, 5.41) is 1.11. The first kappa shape index (κ1) is 15.5. The number of pyridine rings is 2. The zero-order chi connectivity index (χ0) is 14.4. The predicted octanol–water partition coefficient (Wildman–Crippen LogP) is 5.17. The Hall–Kier alpha value is -0.871. The molecule has 5 heteroatoms. The molecule has 0 aliphatic carbocycles. The summed E-state index contributed by atoms with van der Waals surface area (Å²) in [6.45, 7) is 4.00. The van der Waals surface area contributed by atoms with Crippen LogP contribution in [0.4, 0.5) is 0 Å². The van der Waals surface area contributed by atoms with Crippen molar-refractivity contribution in [1.82, 2.24) is 9.97 Å². The van der Waals surface area contributed by atoms with Crippen LogP contribution in [0, 0.1) is 6.92 Å². The molecule has 0 aliphatic heterocycles. The molecular formula is C15H11Br2FeN2. The van der Waals surface area contributed by atoms with Crippen LogP contribution in [0.25, 0.3) is 22.3 Å². The Labute approximate surface area is 138 Å². The minimum absolute atomic E-state index is 0.875. The first-order valence-corrected chi connectivity index (χ1v) is 11.2. The summed E-state index contributed by atoms with van der Waals surface area (Å²) in [6.07, 6.45) is 1.78. The van der Waals surface area contributed by atoms with E-state index in [0.717, 1.165) is 39.2 Å². The molecule has 1 aromatic carbocycles. The quantitative estimate of drug-likeness (QED) is 0.390. The van der Waals surface area contributed by atoms with Crippen molar-refractivity contribution in [2.75, 3.05) is 0 Å². The van der Waals surface area contributed by atoms with Gasteiger partial charge in [-0.1, -0.05) is 23.6 Å². The maximum Gasteiger partial charge on any atom is 0.0873 e. The number of benzene rings is 1. The Kier molecular flexibility index (Phi) is 6.04. The third-order valence-electron chi connectivity index (χ3n) is 2.73. The summed E-state index contributed by atoms with van der Waals surface area (Å²) < 4.78 is 0. The second-order valence-corrected chi connectivity index (χ2v) is 9.52. The molecule has 0 radical (unpaired) electrons. The van der Waals surface area contributed by atoms with E-state index in [4.69, 9.17) is 0 Å². The molecular weight excluding hydrogens is 424 g/mol. The minimum atomic E-state index is 0.875. The fraction of sp³-hybridized carbons (Fsp3) is 0. The van der Waals surface area contributed by atoms with E-state index in [1.54, 1.807) is 6.20 Å². The summed E-state index contributed by atoms with van der Waals surface area (Å²) in [4.78, 5) is 8.92. The molecule has 0 fully saturated rings. The summed E-state index contributed by atoms with van der Waals surface area (Å²) in [7, 11) is 0. The summed E-state index contributed by atoms with van der Waals surface area (Å²) >= 11 is 7.00. The van der Waals surface area contributed by atoms with Crippen LogP contribution in [-0.4, -0.2) is 9.97 Å². The molecule has 0 spiro atoms. The first-order valence-electron chi connectivity index (χ1n) is 5.74. The number of para-hydroxylation sites is 1. The summed E-state index contributed by atoms with van der Waals surface area (Å²) in [5.41, 5.74) is 3.66. The van der Waals surface area contributed by atoms with Crippen molar-refractivity contribution in [1.29, 1.82) is 0 Å². The van der Waals surface area contributed by atoms with E-state index in [1.165, 1.54) is 0 Å². The molecule has 0 bridgehead atoms. The van der Waals surface area contributed by atoms with Gasteiger partial charge in [0, 0.05) is 6.20 Å². The molecule has 0 aliphatic rings. The van der Waals surface area contributed by atoms with Gasteiger partial charge in [0.15, 0.2) is 0 Å². The van der Waals surface area contributed by atoms with Gasteiger partial charge in [-0.2, -0.15) is 18.6 Å². The van der Waals surface area contributed by atoms with Crippen molar-refractivity contribution in [3.05, 3.63) is 67.2 Å². The van der Waals surface area contributed by atoms with Crippen LogP contribution in [-0.2, 0) is 11.3 Å². The van der Waals surface area contributed by atoms with Gasteiger partial charge in [0.25, 0.3) is 0 Å². The van der Waals surface area contributed by atoms with Crippen LogP contribution >= 0.6 is 28.2 Å². The molecule has 3 aromatic rings. The van der Waals surface area contributed by atoms with E-state index < -0.39 is 0 Å². The van der Waals surface area contributed by atoms with Gasteiger partial charge in [-0.25, -0.2) is 0 Å². The monoisotopic (exact) mass is 433 g/mol. The standard InChI is InChI=1S/C15H11N2.2BrH.Fe/c1-11-5-4-6-12-8-9-14(17-15(11)12)13-7-2-3-10-16-13;;;/h2-10H,1H2;2*1H;/q-1;;;+3/p-2. The van der Waals surface area contributed by atoms with Crippen LogP contribution in [0.2, 0.25) is 0 Å². The summed E-state index contributed by atoms with van der Waals surface area (Å²) in [5.74, 6) is 0. The van der Waals surface area contributed by atoms with E-state index in [2.05, 4.69) is 51.2 Å². The molecule has 0 saturated heterocycles. The zero-order valence-corrected chi connectivity index (χ0v) is 14.7. The number of hydrogen-bond donors (Lipinski definition) is 0. The van der Waals surface area contributed by atoms with Gasteiger partial charge < -0.3 is 4.98 Å². The van der Waals surface area contributed by atoms with Crippen molar-refractivity contribution in [3.63, 3.8) is 0 Å². The molecule has 0 unspecified atom stereocenters. The van der Waals surface area contributed by atoms with Crippen molar-refractivity contribution in [3.8, 4) is 11.4 Å². The zero-order valence-electron chi connectivity index (χ0n) is 10.4. The maximum absolute atomic E-state index is 4.62. The smallest absolute Gasteiger partial charge is 0.0873 e. The fourth-order valence-electron chi connectivity index (χ4n) is 1.87. The van der Waals surface area contributed by atoms with Gasteiger partial charge in [0.2, 0.25) is 0 Å².